The number of benzene rings is 1. The Bertz CT molecular complexity index is 700. The molecule has 0 aliphatic heterocycles. The van der Waals surface area contributed by atoms with Gasteiger partial charge in [-0.05, 0) is 44.0 Å². The Labute approximate surface area is 145 Å². The maximum absolute atomic E-state index is 13.6. The van der Waals surface area contributed by atoms with E-state index in [0.29, 0.717) is 25.1 Å². The second-order valence-corrected chi connectivity index (χ2v) is 6.50. The third-order valence-electron chi connectivity index (χ3n) is 3.41. The molecule has 7 heteroatoms. The summed E-state index contributed by atoms with van der Waals surface area (Å²) in [6, 6.07) is 3.49. The number of aryl methyl sites for hydroxylation is 1. The van der Waals surface area contributed by atoms with Crippen LogP contribution in [0.3, 0.4) is 0 Å². The Morgan fingerprint density at radius 3 is 2.83 bits per heavy atom. The van der Waals surface area contributed by atoms with Gasteiger partial charge in [0.1, 0.15) is 11.6 Å². The van der Waals surface area contributed by atoms with E-state index in [1.165, 1.54) is 6.07 Å². The van der Waals surface area contributed by atoms with Crippen molar-refractivity contribution in [1.29, 1.82) is 0 Å². The van der Waals surface area contributed by atoms with Crippen molar-refractivity contribution in [2.45, 2.75) is 26.8 Å². The molecule has 2 aromatic rings. The van der Waals surface area contributed by atoms with Gasteiger partial charge in [0, 0.05) is 25.5 Å². The molecule has 0 atom stereocenters. The van der Waals surface area contributed by atoms with E-state index in [4.69, 9.17) is 0 Å². The van der Waals surface area contributed by atoms with Crippen LogP contribution < -0.4 is 5.32 Å². The van der Waals surface area contributed by atoms with Crippen LogP contribution in [0.25, 0.3) is 0 Å². The van der Waals surface area contributed by atoms with Gasteiger partial charge in [0.25, 0.3) is 0 Å². The lowest BCUT2D eigenvalue weighted by atomic mass is 10.1. The van der Waals surface area contributed by atoms with Crippen LogP contribution in [0.5, 0.6) is 0 Å². The van der Waals surface area contributed by atoms with Gasteiger partial charge in [-0.3, -0.25) is 4.99 Å². The van der Waals surface area contributed by atoms with Crippen molar-refractivity contribution in [3.63, 3.8) is 0 Å². The molecule has 4 nitrogen and oxygen atoms in total. The summed E-state index contributed by atoms with van der Waals surface area (Å²) in [6.45, 7) is 5.71. The highest BCUT2D eigenvalue weighted by Gasteiger charge is 2.09. The zero-order chi connectivity index (χ0) is 17.5. The molecule has 0 radical (unpaired) electrons. The summed E-state index contributed by atoms with van der Waals surface area (Å²) in [5, 5.41) is 6.26. The van der Waals surface area contributed by atoms with E-state index in [2.05, 4.69) is 15.3 Å². The van der Waals surface area contributed by atoms with Crippen molar-refractivity contribution in [1.82, 2.24) is 15.2 Å². The quantitative estimate of drug-likeness (QED) is 0.640. The third kappa shape index (κ3) is 5.26. The molecule has 0 spiro atoms. The molecule has 0 aliphatic carbocycles. The van der Waals surface area contributed by atoms with Gasteiger partial charge >= 0.3 is 0 Å². The van der Waals surface area contributed by atoms with Crippen LogP contribution in [0.1, 0.15) is 23.2 Å². The van der Waals surface area contributed by atoms with Crippen LogP contribution in [0, 0.1) is 18.6 Å². The Morgan fingerprint density at radius 1 is 1.38 bits per heavy atom. The topological polar surface area (TPSA) is 40.5 Å². The first-order valence-corrected chi connectivity index (χ1v) is 8.72. The minimum atomic E-state index is -0.432. The second-order valence-electron chi connectivity index (χ2n) is 5.44. The molecule has 1 aromatic heterocycles. The van der Waals surface area contributed by atoms with Gasteiger partial charge in [-0.15, -0.1) is 11.3 Å². The van der Waals surface area contributed by atoms with Crippen LogP contribution in [-0.4, -0.2) is 36.0 Å². The summed E-state index contributed by atoms with van der Waals surface area (Å²) >= 11 is 1.61. The second kappa shape index (κ2) is 8.73. The number of nitrogens with zero attached hydrogens (tertiary/aromatic N) is 3. The average molecular weight is 352 g/mol. The lowest BCUT2D eigenvalue weighted by Crippen LogP contribution is -2.38. The molecule has 1 aromatic carbocycles. The van der Waals surface area contributed by atoms with Gasteiger partial charge in [0.2, 0.25) is 0 Å². The highest BCUT2D eigenvalue weighted by Crippen LogP contribution is 2.11. The zero-order valence-electron chi connectivity index (χ0n) is 14.1. The number of guanidine groups is 1. The molecule has 0 unspecified atom stereocenters. The van der Waals surface area contributed by atoms with E-state index in [1.54, 1.807) is 11.3 Å². The highest BCUT2D eigenvalue weighted by molar-refractivity contribution is 7.09. The number of hydrogen-bond donors (Lipinski definition) is 1. The summed E-state index contributed by atoms with van der Waals surface area (Å²) in [6.07, 6.45) is 0.349. The molecule has 0 saturated carbocycles. The summed E-state index contributed by atoms with van der Waals surface area (Å²) < 4.78 is 26.8. The molecule has 2 rings (SSSR count). The summed E-state index contributed by atoms with van der Waals surface area (Å²) in [4.78, 5) is 10.9. The lowest BCUT2D eigenvalue weighted by Gasteiger charge is -2.21. The molecule has 1 N–H and O–H groups in total. The molecule has 1 heterocycles. The Balaban J connectivity index is 2.00. The fourth-order valence-electron chi connectivity index (χ4n) is 2.29. The minimum Gasteiger partial charge on any atom is -0.357 e. The number of aliphatic imine (C=N–C) groups is 1. The lowest BCUT2D eigenvalue weighted by molar-refractivity contribution is 0.471. The fourth-order valence-corrected chi connectivity index (χ4v) is 2.89. The van der Waals surface area contributed by atoms with Gasteiger partial charge in [-0.1, -0.05) is 0 Å². The maximum atomic E-state index is 13.6. The van der Waals surface area contributed by atoms with E-state index >= 15 is 0 Å². The molecule has 0 fully saturated rings. The normalized spacial score (nSPS) is 11.6. The van der Waals surface area contributed by atoms with Crippen molar-refractivity contribution in [2.24, 2.45) is 4.99 Å². The van der Waals surface area contributed by atoms with Gasteiger partial charge in [0.05, 0.1) is 17.2 Å². The highest BCUT2D eigenvalue weighted by atomic mass is 32.1. The standard InChI is InChI=1S/C17H22F2N4S/c1-4-20-17(23(3)10-15-11-24-12(2)22-15)21-8-7-13-9-14(18)5-6-16(13)19/h5-6,9,11H,4,7-8,10H2,1-3H3,(H,20,21). The largest absolute Gasteiger partial charge is 0.357 e. The monoisotopic (exact) mass is 352 g/mol. The Hall–Kier alpha value is -2.02. The van der Waals surface area contributed by atoms with Crippen molar-refractivity contribution < 1.29 is 8.78 Å². The van der Waals surface area contributed by atoms with E-state index < -0.39 is 11.6 Å². The van der Waals surface area contributed by atoms with E-state index in [1.807, 2.05) is 31.2 Å². The first-order chi connectivity index (χ1) is 11.5. The number of thiazole rings is 1. The van der Waals surface area contributed by atoms with Crippen LogP contribution in [0.15, 0.2) is 28.6 Å². The van der Waals surface area contributed by atoms with Crippen LogP contribution in [0.4, 0.5) is 8.78 Å². The Kier molecular flexibility index (Phi) is 6.66. The van der Waals surface area contributed by atoms with Crippen LogP contribution in [0.2, 0.25) is 0 Å². The average Bonchev–Trinajstić information content (AvgIpc) is 2.94. The van der Waals surface area contributed by atoms with E-state index in [0.717, 1.165) is 35.3 Å². The van der Waals surface area contributed by atoms with E-state index in [-0.39, 0.29) is 0 Å². The molecular formula is C17H22F2N4S. The molecule has 0 saturated heterocycles. The minimum absolute atomic E-state index is 0.340. The van der Waals surface area contributed by atoms with Crippen molar-refractivity contribution in [3.05, 3.63) is 51.5 Å². The van der Waals surface area contributed by atoms with Crippen molar-refractivity contribution >= 4 is 17.3 Å². The van der Waals surface area contributed by atoms with Crippen LogP contribution in [-0.2, 0) is 13.0 Å². The SMILES string of the molecule is CCNC(=NCCc1cc(F)ccc1F)N(C)Cc1csc(C)n1. The number of rotatable bonds is 6. The van der Waals surface area contributed by atoms with Gasteiger partial charge < -0.3 is 10.2 Å². The summed E-state index contributed by atoms with van der Waals surface area (Å²) in [7, 11) is 1.93. The molecule has 0 aliphatic rings. The first kappa shape index (κ1) is 18.3. The fraction of sp³-hybridized carbons (Fsp3) is 0.412. The van der Waals surface area contributed by atoms with Crippen molar-refractivity contribution in [3.8, 4) is 0 Å². The predicted molar refractivity (Wildman–Crippen MR) is 94.4 cm³/mol. The number of halogens is 2. The molecule has 24 heavy (non-hydrogen) atoms. The first-order valence-electron chi connectivity index (χ1n) is 7.84. The molecule has 0 bridgehead atoms. The number of hydrogen-bond acceptors (Lipinski definition) is 3. The predicted octanol–water partition coefficient (Wildman–Crippen LogP) is 3.37. The third-order valence-corrected chi connectivity index (χ3v) is 4.24. The summed E-state index contributed by atoms with van der Waals surface area (Å²) in [5.41, 5.74) is 1.33. The van der Waals surface area contributed by atoms with Crippen LogP contribution >= 0.6 is 11.3 Å². The van der Waals surface area contributed by atoms with E-state index in [9.17, 15) is 8.78 Å². The zero-order valence-corrected chi connectivity index (χ0v) is 15.0. The number of aromatic nitrogens is 1. The van der Waals surface area contributed by atoms with Crippen molar-refractivity contribution in [2.75, 3.05) is 20.1 Å². The van der Waals surface area contributed by atoms with Gasteiger partial charge in [-0.2, -0.15) is 0 Å². The molecule has 0 amide bonds. The summed E-state index contributed by atoms with van der Waals surface area (Å²) in [5.74, 6) is -0.110. The molecule has 130 valence electrons. The maximum Gasteiger partial charge on any atom is 0.194 e. The number of nitrogens with one attached hydrogen (secondary N) is 1. The Morgan fingerprint density at radius 2 is 2.17 bits per heavy atom. The van der Waals surface area contributed by atoms with Gasteiger partial charge in [0.15, 0.2) is 5.96 Å². The molecular weight excluding hydrogens is 330 g/mol. The van der Waals surface area contributed by atoms with Gasteiger partial charge in [-0.25, -0.2) is 13.8 Å². The smallest absolute Gasteiger partial charge is 0.194 e.